The summed E-state index contributed by atoms with van der Waals surface area (Å²) in [7, 11) is 4.29. The highest BCUT2D eigenvalue weighted by atomic mass is 35.5. The van der Waals surface area contributed by atoms with Gasteiger partial charge in [-0.05, 0) is 36.1 Å². The average Bonchev–Trinajstić information content (AvgIpc) is 3.44. The number of hydrogen-bond donors (Lipinski definition) is 1. The predicted molar refractivity (Wildman–Crippen MR) is 124 cm³/mol. The number of esters is 1. The van der Waals surface area contributed by atoms with Crippen LogP contribution in [0.5, 0.6) is 0 Å². The Hall–Kier alpha value is -2.41. The summed E-state index contributed by atoms with van der Waals surface area (Å²) in [6.07, 6.45) is 4.68. The van der Waals surface area contributed by atoms with Crippen molar-refractivity contribution in [2.75, 3.05) is 27.2 Å². The number of carbonyl (C=O) groups is 2. The number of rotatable bonds is 5. The van der Waals surface area contributed by atoms with Crippen LogP contribution in [0.15, 0.2) is 54.6 Å². The van der Waals surface area contributed by atoms with Crippen molar-refractivity contribution in [1.82, 2.24) is 0 Å². The maximum atomic E-state index is 12.9. The number of benzene rings is 2. The lowest BCUT2D eigenvalue weighted by Gasteiger charge is -2.33. The highest BCUT2D eigenvalue weighted by molar-refractivity contribution is 6.30. The fourth-order valence-electron chi connectivity index (χ4n) is 4.71. The lowest BCUT2D eigenvalue weighted by molar-refractivity contribution is -0.879. The normalized spacial score (nSPS) is 21.5. The van der Waals surface area contributed by atoms with E-state index in [0.717, 1.165) is 49.7 Å². The van der Waals surface area contributed by atoms with Crippen LogP contribution in [0.1, 0.15) is 48.0 Å². The number of likely N-dealkylation sites (tertiary alicyclic amines) is 1. The van der Waals surface area contributed by atoms with E-state index < -0.39 is 17.5 Å². The second kappa shape index (κ2) is 10.7. The first kappa shape index (κ1) is 25.2. The molecule has 1 heterocycles. The molecule has 0 radical (unpaired) electrons. The molecule has 4 rings (SSSR count). The molecule has 1 N–H and O–H groups in total. The van der Waals surface area contributed by atoms with E-state index in [1.807, 2.05) is 30.3 Å². The Morgan fingerprint density at radius 3 is 2.15 bits per heavy atom. The third-order valence-corrected chi connectivity index (χ3v) is 6.83. The van der Waals surface area contributed by atoms with Gasteiger partial charge in [0.05, 0.1) is 26.6 Å². The third-order valence-electron chi connectivity index (χ3n) is 6.58. The van der Waals surface area contributed by atoms with Crippen molar-refractivity contribution in [2.24, 2.45) is 5.92 Å². The van der Waals surface area contributed by atoms with Crippen LogP contribution < -0.4 is 5.11 Å². The Labute approximate surface area is 200 Å². The molecule has 1 saturated carbocycles. The largest absolute Gasteiger partial charge is 0.545 e. The van der Waals surface area contributed by atoms with Gasteiger partial charge in [0.2, 0.25) is 0 Å². The van der Waals surface area contributed by atoms with E-state index in [-0.39, 0.29) is 17.6 Å². The van der Waals surface area contributed by atoms with E-state index in [9.17, 15) is 19.8 Å². The molecule has 2 aromatic rings. The van der Waals surface area contributed by atoms with Gasteiger partial charge in [-0.2, -0.15) is 0 Å². The number of ether oxygens (including phenoxy) is 1. The number of aliphatic hydroxyl groups is 1. The van der Waals surface area contributed by atoms with Gasteiger partial charge in [-0.3, -0.25) is 0 Å². The highest BCUT2D eigenvalue weighted by Crippen LogP contribution is 2.42. The minimum atomic E-state index is -1.50. The van der Waals surface area contributed by atoms with Gasteiger partial charge >= 0.3 is 5.97 Å². The first-order chi connectivity index (χ1) is 15.6. The van der Waals surface area contributed by atoms with Crippen molar-refractivity contribution in [3.63, 3.8) is 0 Å². The van der Waals surface area contributed by atoms with Crippen LogP contribution >= 0.6 is 11.6 Å². The summed E-state index contributed by atoms with van der Waals surface area (Å²) in [6.45, 7) is 1.83. The molecule has 7 heteroatoms. The first-order valence-electron chi connectivity index (χ1n) is 11.4. The van der Waals surface area contributed by atoms with E-state index in [1.54, 1.807) is 0 Å². The Morgan fingerprint density at radius 2 is 1.64 bits per heavy atom. The zero-order valence-electron chi connectivity index (χ0n) is 19.2. The second-order valence-electron chi connectivity index (χ2n) is 9.57. The summed E-state index contributed by atoms with van der Waals surface area (Å²) in [5.41, 5.74) is -0.689. The van der Waals surface area contributed by atoms with Crippen molar-refractivity contribution in [3.8, 4) is 0 Å². The van der Waals surface area contributed by atoms with Gasteiger partial charge < -0.3 is 24.2 Å². The smallest absolute Gasteiger partial charge is 0.343 e. The average molecular weight is 474 g/mol. The van der Waals surface area contributed by atoms with E-state index in [1.165, 1.54) is 24.3 Å². The summed E-state index contributed by atoms with van der Waals surface area (Å²) in [6, 6.07) is 15.1. The van der Waals surface area contributed by atoms with E-state index in [2.05, 4.69) is 14.1 Å². The molecule has 2 aliphatic rings. The van der Waals surface area contributed by atoms with Gasteiger partial charge in [0.25, 0.3) is 0 Å². The SMILES string of the molecule is C[N+]1(C)CCC(OC(=O)C(O)(c2ccccc2)C2CCCC2)C1.O=C([O-])c1ccc(Cl)cc1. The Kier molecular flexibility index (Phi) is 8.16. The zero-order chi connectivity index (χ0) is 24.1. The van der Waals surface area contributed by atoms with Crippen LogP contribution in [0.2, 0.25) is 5.02 Å². The summed E-state index contributed by atoms with van der Waals surface area (Å²) in [5.74, 6) is -1.68. The number of carboxylic acids is 1. The molecule has 2 unspecified atom stereocenters. The van der Waals surface area contributed by atoms with Gasteiger partial charge in [-0.15, -0.1) is 0 Å². The molecule has 178 valence electrons. The molecular weight excluding hydrogens is 442 g/mol. The molecule has 2 fully saturated rings. The monoisotopic (exact) mass is 473 g/mol. The van der Waals surface area contributed by atoms with Crippen molar-refractivity contribution in [3.05, 3.63) is 70.7 Å². The first-order valence-corrected chi connectivity index (χ1v) is 11.8. The number of hydrogen-bond acceptors (Lipinski definition) is 5. The van der Waals surface area contributed by atoms with Crippen molar-refractivity contribution in [2.45, 2.75) is 43.8 Å². The van der Waals surface area contributed by atoms with E-state index >= 15 is 0 Å². The van der Waals surface area contributed by atoms with Crippen LogP contribution in [0, 0.1) is 5.92 Å². The fourth-order valence-corrected chi connectivity index (χ4v) is 4.83. The lowest BCUT2D eigenvalue weighted by Crippen LogP contribution is -2.46. The minimum Gasteiger partial charge on any atom is -0.545 e. The molecule has 0 aromatic heterocycles. The molecule has 2 atom stereocenters. The zero-order valence-corrected chi connectivity index (χ0v) is 20.0. The molecule has 1 aliphatic heterocycles. The number of nitrogens with zero attached hydrogens (tertiary/aromatic N) is 1. The van der Waals surface area contributed by atoms with Crippen molar-refractivity contribution < 1.29 is 29.0 Å². The minimum absolute atomic E-state index is 0.0405. The van der Waals surface area contributed by atoms with Crippen LogP contribution in [-0.4, -0.2) is 54.8 Å². The lowest BCUT2D eigenvalue weighted by atomic mass is 9.80. The van der Waals surface area contributed by atoms with Gasteiger partial charge in [-0.25, -0.2) is 4.79 Å². The van der Waals surface area contributed by atoms with Crippen molar-refractivity contribution in [1.29, 1.82) is 0 Å². The van der Waals surface area contributed by atoms with Crippen molar-refractivity contribution >= 4 is 23.5 Å². The van der Waals surface area contributed by atoms with Gasteiger partial charge in [0.15, 0.2) is 11.7 Å². The summed E-state index contributed by atoms with van der Waals surface area (Å²) in [4.78, 5) is 23.1. The maximum absolute atomic E-state index is 12.9. The quantitative estimate of drug-likeness (QED) is 0.532. The Bertz CT molecular complexity index is 941. The van der Waals surface area contributed by atoms with Crippen LogP contribution in [0.3, 0.4) is 0 Å². The third kappa shape index (κ3) is 6.34. The molecule has 0 amide bonds. The number of carbonyl (C=O) groups excluding carboxylic acids is 2. The number of likely N-dealkylation sites (N-methyl/N-ethyl adjacent to an activating group) is 1. The summed E-state index contributed by atoms with van der Waals surface area (Å²) < 4.78 is 6.64. The van der Waals surface area contributed by atoms with Gasteiger partial charge in [0, 0.05) is 17.4 Å². The molecule has 0 bridgehead atoms. The number of halogens is 1. The van der Waals surface area contributed by atoms with Crippen LogP contribution in [0.4, 0.5) is 0 Å². The summed E-state index contributed by atoms with van der Waals surface area (Å²) in [5, 5.41) is 22.0. The van der Waals surface area contributed by atoms with Gasteiger partial charge in [0.1, 0.15) is 6.54 Å². The fraction of sp³-hybridized carbons (Fsp3) is 0.462. The topological polar surface area (TPSA) is 86.7 Å². The summed E-state index contributed by atoms with van der Waals surface area (Å²) >= 11 is 5.50. The van der Waals surface area contributed by atoms with E-state index in [4.69, 9.17) is 16.3 Å². The number of aromatic carboxylic acids is 1. The molecular formula is C26H32ClNO5. The molecule has 6 nitrogen and oxygen atoms in total. The Balaban J connectivity index is 0.000000257. The highest BCUT2D eigenvalue weighted by Gasteiger charge is 2.49. The van der Waals surface area contributed by atoms with Crippen LogP contribution in [0.25, 0.3) is 0 Å². The van der Waals surface area contributed by atoms with Gasteiger partial charge in [-0.1, -0.05) is 66.9 Å². The predicted octanol–water partition coefficient (Wildman–Crippen LogP) is 3.16. The second-order valence-corrected chi connectivity index (χ2v) is 10.0. The standard InChI is InChI=1S/C19H28NO3.C7H5ClO2/c1-20(2)13-12-17(14-20)23-18(21)19(22,16-10-6-7-11-16)15-8-4-3-5-9-15;8-6-3-1-5(2-4-6)7(9)10/h3-5,8-9,16-17,22H,6-7,10-14H2,1-2H3;1-4H,(H,9,10)/q+1;/p-1. The Morgan fingerprint density at radius 1 is 1.03 bits per heavy atom. The molecule has 1 aliphatic carbocycles. The number of quaternary nitrogens is 1. The molecule has 1 saturated heterocycles. The van der Waals surface area contributed by atoms with E-state index in [0.29, 0.717) is 10.6 Å². The number of carboxylic acid groups (broad SMARTS) is 1. The molecule has 2 aromatic carbocycles. The van der Waals surface area contributed by atoms with Crippen LogP contribution in [-0.2, 0) is 15.1 Å². The maximum Gasteiger partial charge on any atom is 0.343 e. The molecule has 0 spiro atoms. The molecule has 33 heavy (non-hydrogen) atoms.